The molecule has 2 aromatic rings. The molecule has 2 rings (SSSR count). The number of ether oxygens (including phenoxy) is 1. The van der Waals surface area contributed by atoms with Crippen molar-refractivity contribution >= 4 is 11.6 Å². The highest BCUT2D eigenvalue weighted by Crippen LogP contribution is 2.33. The van der Waals surface area contributed by atoms with Gasteiger partial charge in [-0.2, -0.15) is 0 Å². The van der Waals surface area contributed by atoms with Crippen LogP contribution in [-0.2, 0) is 0 Å². The molecule has 0 bridgehead atoms. The molecular formula is C16H19ClN2O. The van der Waals surface area contributed by atoms with E-state index in [9.17, 15) is 0 Å². The summed E-state index contributed by atoms with van der Waals surface area (Å²) in [4.78, 5) is 4.47. The van der Waals surface area contributed by atoms with E-state index in [-0.39, 0.29) is 6.04 Å². The van der Waals surface area contributed by atoms with E-state index in [2.05, 4.69) is 17.2 Å². The molecule has 1 aromatic heterocycles. The Bertz CT molecular complexity index is 586. The van der Waals surface area contributed by atoms with E-state index < -0.39 is 0 Å². The standard InChI is InChI=1S/C16H19ClN2O/c1-4-18-15(12-8-5-7-11(2)14(12)17)16-13(20-3)9-6-10-19-16/h5-10,15,18H,4H2,1-3H3. The molecule has 0 spiro atoms. The zero-order valence-corrected chi connectivity index (χ0v) is 12.7. The molecule has 1 N–H and O–H groups in total. The van der Waals surface area contributed by atoms with Crippen molar-refractivity contribution in [3.8, 4) is 5.75 Å². The van der Waals surface area contributed by atoms with Crippen LogP contribution in [0, 0.1) is 6.92 Å². The van der Waals surface area contributed by atoms with Crippen LogP contribution in [0.2, 0.25) is 5.02 Å². The monoisotopic (exact) mass is 290 g/mol. The van der Waals surface area contributed by atoms with E-state index in [0.717, 1.165) is 34.1 Å². The summed E-state index contributed by atoms with van der Waals surface area (Å²) >= 11 is 6.46. The molecular weight excluding hydrogens is 272 g/mol. The van der Waals surface area contributed by atoms with Gasteiger partial charge in [0.15, 0.2) is 0 Å². The third-order valence-corrected chi connectivity index (χ3v) is 3.75. The van der Waals surface area contributed by atoms with Crippen molar-refractivity contribution in [1.29, 1.82) is 0 Å². The molecule has 0 fully saturated rings. The number of hydrogen-bond donors (Lipinski definition) is 1. The molecule has 1 heterocycles. The maximum absolute atomic E-state index is 6.46. The molecule has 0 aliphatic carbocycles. The maximum Gasteiger partial charge on any atom is 0.142 e. The lowest BCUT2D eigenvalue weighted by Gasteiger charge is -2.21. The van der Waals surface area contributed by atoms with Crippen LogP contribution < -0.4 is 10.1 Å². The zero-order valence-electron chi connectivity index (χ0n) is 12.0. The van der Waals surface area contributed by atoms with E-state index in [0.29, 0.717) is 0 Å². The summed E-state index contributed by atoms with van der Waals surface area (Å²) in [5.41, 5.74) is 2.93. The Morgan fingerprint density at radius 1 is 1.30 bits per heavy atom. The van der Waals surface area contributed by atoms with E-state index in [1.807, 2.05) is 37.3 Å². The van der Waals surface area contributed by atoms with Crippen LogP contribution >= 0.6 is 11.6 Å². The second-order valence-corrected chi connectivity index (χ2v) is 4.94. The summed E-state index contributed by atoms with van der Waals surface area (Å²) in [6.07, 6.45) is 1.77. The van der Waals surface area contributed by atoms with Crippen molar-refractivity contribution in [2.45, 2.75) is 19.9 Å². The largest absolute Gasteiger partial charge is 0.495 e. The first-order chi connectivity index (χ1) is 9.69. The van der Waals surface area contributed by atoms with Crippen molar-refractivity contribution in [3.63, 3.8) is 0 Å². The Hall–Kier alpha value is -1.58. The molecule has 0 radical (unpaired) electrons. The van der Waals surface area contributed by atoms with E-state index in [4.69, 9.17) is 16.3 Å². The van der Waals surface area contributed by atoms with Crippen molar-refractivity contribution in [3.05, 3.63) is 58.4 Å². The number of nitrogens with one attached hydrogen (secondary N) is 1. The van der Waals surface area contributed by atoms with Gasteiger partial charge in [0.1, 0.15) is 11.4 Å². The Morgan fingerprint density at radius 2 is 2.10 bits per heavy atom. The Morgan fingerprint density at radius 3 is 2.80 bits per heavy atom. The van der Waals surface area contributed by atoms with Gasteiger partial charge in [-0.05, 0) is 36.7 Å². The molecule has 1 atom stereocenters. The SMILES string of the molecule is CCNC(c1cccc(C)c1Cl)c1ncccc1OC. The van der Waals surface area contributed by atoms with Crippen molar-refractivity contribution in [2.75, 3.05) is 13.7 Å². The lowest BCUT2D eigenvalue weighted by Crippen LogP contribution is -2.24. The number of aryl methyl sites for hydroxylation is 1. The Kier molecular flexibility index (Phi) is 4.99. The van der Waals surface area contributed by atoms with Gasteiger partial charge in [0.25, 0.3) is 0 Å². The third-order valence-electron chi connectivity index (χ3n) is 3.23. The van der Waals surface area contributed by atoms with Crippen LogP contribution in [0.4, 0.5) is 0 Å². The zero-order chi connectivity index (χ0) is 14.5. The molecule has 0 saturated carbocycles. The van der Waals surface area contributed by atoms with E-state index >= 15 is 0 Å². The minimum Gasteiger partial charge on any atom is -0.495 e. The minimum atomic E-state index is -0.0800. The third kappa shape index (κ3) is 2.94. The number of benzene rings is 1. The number of rotatable bonds is 5. The van der Waals surface area contributed by atoms with Crippen LogP contribution in [0.3, 0.4) is 0 Å². The lowest BCUT2D eigenvalue weighted by molar-refractivity contribution is 0.400. The van der Waals surface area contributed by atoms with Gasteiger partial charge in [0.05, 0.1) is 13.2 Å². The number of nitrogens with zero attached hydrogens (tertiary/aromatic N) is 1. The molecule has 0 saturated heterocycles. The number of aromatic nitrogens is 1. The molecule has 20 heavy (non-hydrogen) atoms. The topological polar surface area (TPSA) is 34.2 Å². The van der Waals surface area contributed by atoms with Gasteiger partial charge in [-0.1, -0.05) is 36.7 Å². The minimum absolute atomic E-state index is 0.0800. The van der Waals surface area contributed by atoms with Crippen LogP contribution in [0.15, 0.2) is 36.5 Å². The molecule has 106 valence electrons. The summed E-state index contributed by atoms with van der Waals surface area (Å²) in [7, 11) is 1.65. The van der Waals surface area contributed by atoms with Gasteiger partial charge in [-0.25, -0.2) is 0 Å². The van der Waals surface area contributed by atoms with Gasteiger partial charge in [-0.3, -0.25) is 4.98 Å². The fraction of sp³-hybridized carbons (Fsp3) is 0.312. The molecule has 0 aliphatic heterocycles. The maximum atomic E-state index is 6.46. The van der Waals surface area contributed by atoms with Crippen molar-refractivity contribution in [1.82, 2.24) is 10.3 Å². The summed E-state index contributed by atoms with van der Waals surface area (Å²) in [6, 6.07) is 9.74. The predicted octanol–water partition coefficient (Wildman–Crippen LogP) is 3.75. The average Bonchev–Trinajstić information content (AvgIpc) is 2.48. The van der Waals surface area contributed by atoms with Crippen LogP contribution in [0.1, 0.15) is 29.8 Å². The predicted molar refractivity (Wildman–Crippen MR) is 82.5 cm³/mol. The van der Waals surface area contributed by atoms with Crippen LogP contribution in [0.5, 0.6) is 5.75 Å². The number of methoxy groups -OCH3 is 1. The van der Waals surface area contributed by atoms with Crippen LogP contribution in [0.25, 0.3) is 0 Å². The smallest absolute Gasteiger partial charge is 0.142 e. The molecule has 1 unspecified atom stereocenters. The second kappa shape index (κ2) is 6.73. The first kappa shape index (κ1) is 14.8. The first-order valence-electron chi connectivity index (χ1n) is 6.66. The van der Waals surface area contributed by atoms with Gasteiger partial charge in [0, 0.05) is 11.2 Å². The lowest BCUT2D eigenvalue weighted by atomic mass is 10.00. The number of hydrogen-bond acceptors (Lipinski definition) is 3. The summed E-state index contributed by atoms with van der Waals surface area (Å²) in [6.45, 7) is 4.88. The van der Waals surface area contributed by atoms with Gasteiger partial charge >= 0.3 is 0 Å². The van der Waals surface area contributed by atoms with Crippen molar-refractivity contribution < 1.29 is 4.74 Å². The highest BCUT2D eigenvalue weighted by Gasteiger charge is 2.21. The highest BCUT2D eigenvalue weighted by atomic mass is 35.5. The Balaban J connectivity index is 2.53. The average molecular weight is 291 g/mol. The summed E-state index contributed by atoms with van der Waals surface area (Å²) in [5.74, 6) is 0.760. The quantitative estimate of drug-likeness (QED) is 0.910. The van der Waals surface area contributed by atoms with E-state index in [1.54, 1.807) is 13.3 Å². The Labute approximate surface area is 124 Å². The van der Waals surface area contributed by atoms with Crippen molar-refractivity contribution in [2.24, 2.45) is 0 Å². The second-order valence-electron chi connectivity index (χ2n) is 4.56. The molecule has 0 amide bonds. The van der Waals surface area contributed by atoms with Gasteiger partial charge in [0.2, 0.25) is 0 Å². The normalized spacial score (nSPS) is 12.2. The molecule has 0 aliphatic rings. The first-order valence-corrected chi connectivity index (χ1v) is 7.04. The summed E-state index contributed by atoms with van der Waals surface area (Å²) in [5, 5.41) is 4.20. The van der Waals surface area contributed by atoms with Crippen LogP contribution in [-0.4, -0.2) is 18.6 Å². The molecule has 1 aromatic carbocycles. The van der Waals surface area contributed by atoms with Gasteiger partial charge < -0.3 is 10.1 Å². The number of halogens is 1. The summed E-state index contributed by atoms with van der Waals surface area (Å²) < 4.78 is 5.42. The highest BCUT2D eigenvalue weighted by molar-refractivity contribution is 6.32. The fourth-order valence-electron chi connectivity index (χ4n) is 2.24. The van der Waals surface area contributed by atoms with Gasteiger partial charge in [-0.15, -0.1) is 0 Å². The molecule has 4 heteroatoms. The van der Waals surface area contributed by atoms with E-state index in [1.165, 1.54) is 0 Å². The number of pyridine rings is 1. The fourth-order valence-corrected chi connectivity index (χ4v) is 2.48. The molecule has 3 nitrogen and oxygen atoms in total.